The molecule has 2 rings (SSSR count). The Hall–Kier alpha value is -2.47. The van der Waals surface area contributed by atoms with E-state index in [1.54, 1.807) is 19.4 Å². The second kappa shape index (κ2) is 8.58. The van der Waals surface area contributed by atoms with E-state index < -0.39 is 0 Å². The van der Waals surface area contributed by atoms with Gasteiger partial charge in [-0.05, 0) is 29.5 Å². The van der Waals surface area contributed by atoms with Crippen molar-refractivity contribution in [3.63, 3.8) is 0 Å². The molecule has 0 spiro atoms. The van der Waals surface area contributed by atoms with Crippen molar-refractivity contribution in [3.05, 3.63) is 47.8 Å². The first kappa shape index (κ1) is 18.9. The number of aromatic nitrogens is 2. The molecule has 0 unspecified atom stereocenters. The minimum Gasteiger partial charge on any atom is -0.385 e. The van der Waals surface area contributed by atoms with E-state index >= 15 is 0 Å². The van der Waals surface area contributed by atoms with E-state index in [0.717, 1.165) is 17.7 Å². The number of anilines is 2. The van der Waals surface area contributed by atoms with Crippen molar-refractivity contribution in [2.75, 3.05) is 30.9 Å². The zero-order valence-corrected chi connectivity index (χ0v) is 15.3. The summed E-state index contributed by atoms with van der Waals surface area (Å²) >= 11 is 0. The highest BCUT2D eigenvalue weighted by molar-refractivity contribution is 6.03. The molecule has 0 aliphatic rings. The van der Waals surface area contributed by atoms with Crippen LogP contribution in [0.2, 0.25) is 0 Å². The van der Waals surface area contributed by atoms with Crippen molar-refractivity contribution in [1.82, 2.24) is 9.97 Å². The zero-order chi connectivity index (χ0) is 18.3. The topological polar surface area (TPSA) is 76.1 Å². The van der Waals surface area contributed by atoms with Gasteiger partial charge in [-0.15, -0.1) is 0 Å². The molecular formula is C19H26N4O2. The highest BCUT2D eigenvalue weighted by Gasteiger charge is 2.19. The maximum atomic E-state index is 12.6. The van der Waals surface area contributed by atoms with Gasteiger partial charge in [-0.3, -0.25) is 4.79 Å². The molecule has 2 N–H and O–H groups in total. The molecule has 6 nitrogen and oxygen atoms in total. The summed E-state index contributed by atoms with van der Waals surface area (Å²) in [5.74, 6) is 0.187. The first-order chi connectivity index (χ1) is 11.9. The van der Waals surface area contributed by atoms with Crippen molar-refractivity contribution < 1.29 is 9.53 Å². The average molecular weight is 342 g/mol. The fourth-order valence-electron chi connectivity index (χ4n) is 2.42. The Kier molecular flexibility index (Phi) is 6.47. The maximum Gasteiger partial charge on any atom is 0.274 e. The van der Waals surface area contributed by atoms with Crippen LogP contribution in [0.5, 0.6) is 0 Å². The molecule has 0 saturated heterocycles. The van der Waals surface area contributed by atoms with Gasteiger partial charge in [-0.2, -0.15) is 0 Å². The third-order valence-electron chi connectivity index (χ3n) is 3.68. The van der Waals surface area contributed by atoms with Crippen LogP contribution in [0.15, 0.2) is 36.5 Å². The van der Waals surface area contributed by atoms with Crippen LogP contribution in [-0.4, -0.2) is 36.1 Å². The summed E-state index contributed by atoms with van der Waals surface area (Å²) in [7, 11) is 1.66. The maximum absolute atomic E-state index is 12.6. The highest BCUT2D eigenvalue weighted by Crippen LogP contribution is 2.29. The summed E-state index contributed by atoms with van der Waals surface area (Å²) in [5, 5.41) is 6.05. The summed E-state index contributed by atoms with van der Waals surface area (Å²) in [4.78, 5) is 21.0. The van der Waals surface area contributed by atoms with Crippen LogP contribution in [-0.2, 0) is 10.2 Å². The molecule has 25 heavy (non-hydrogen) atoms. The molecule has 1 amide bonds. The molecule has 1 heterocycles. The van der Waals surface area contributed by atoms with Gasteiger partial charge in [0.05, 0.1) is 0 Å². The lowest BCUT2D eigenvalue weighted by atomic mass is 9.86. The van der Waals surface area contributed by atoms with Crippen LogP contribution in [0.3, 0.4) is 0 Å². The normalized spacial score (nSPS) is 11.2. The third-order valence-corrected chi connectivity index (χ3v) is 3.68. The number of carbonyl (C=O) groups excluding carboxylic acids is 1. The van der Waals surface area contributed by atoms with E-state index in [1.807, 2.05) is 24.3 Å². The van der Waals surface area contributed by atoms with Crippen molar-refractivity contribution in [2.24, 2.45) is 0 Å². The summed E-state index contributed by atoms with van der Waals surface area (Å²) in [5.41, 5.74) is 2.14. The monoisotopic (exact) mass is 342 g/mol. The Morgan fingerprint density at radius 1 is 1.20 bits per heavy atom. The van der Waals surface area contributed by atoms with Crippen LogP contribution < -0.4 is 10.6 Å². The van der Waals surface area contributed by atoms with Crippen LogP contribution in [0, 0.1) is 0 Å². The van der Waals surface area contributed by atoms with Gasteiger partial charge in [0, 0.05) is 32.1 Å². The van der Waals surface area contributed by atoms with Crippen molar-refractivity contribution in [2.45, 2.75) is 32.6 Å². The number of amides is 1. The fourth-order valence-corrected chi connectivity index (χ4v) is 2.42. The largest absolute Gasteiger partial charge is 0.385 e. The predicted octanol–water partition coefficient (Wildman–Crippen LogP) is 3.47. The molecule has 2 aromatic rings. The molecule has 0 aliphatic heterocycles. The SMILES string of the molecule is COCCCNc1nccc(C(=O)Nc2ccccc2C(C)(C)C)n1. The number of rotatable bonds is 7. The second-order valence-electron chi connectivity index (χ2n) is 6.79. The molecule has 0 bridgehead atoms. The van der Waals surface area contributed by atoms with Gasteiger partial charge in [-0.1, -0.05) is 39.0 Å². The number of methoxy groups -OCH3 is 1. The highest BCUT2D eigenvalue weighted by atomic mass is 16.5. The lowest BCUT2D eigenvalue weighted by molar-refractivity contribution is 0.102. The summed E-state index contributed by atoms with van der Waals surface area (Å²) in [6, 6.07) is 9.42. The molecule has 0 aliphatic carbocycles. The van der Waals surface area contributed by atoms with E-state index in [4.69, 9.17) is 4.74 Å². The summed E-state index contributed by atoms with van der Waals surface area (Å²) in [6.07, 6.45) is 2.42. The van der Waals surface area contributed by atoms with Crippen LogP contribution in [0.1, 0.15) is 43.2 Å². The van der Waals surface area contributed by atoms with Crippen LogP contribution >= 0.6 is 0 Å². The number of benzene rings is 1. The fraction of sp³-hybridized carbons (Fsp3) is 0.421. The lowest BCUT2D eigenvalue weighted by Crippen LogP contribution is -2.20. The zero-order valence-electron chi connectivity index (χ0n) is 15.3. The van der Waals surface area contributed by atoms with Gasteiger partial charge in [0.25, 0.3) is 5.91 Å². The van der Waals surface area contributed by atoms with Crippen LogP contribution in [0.4, 0.5) is 11.6 Å². The molecule has 0 radical (unpaired) electrons. The molecular weight excluding hydrogens is 316 g/mol. The molecule has 1 aromatic carbocycles. The van der Waals surface area contributed by atoms with E-state index in [2.05, 4.69) is 41.4 Å². The number of carbonyl (C=O) groups is 1. The quantitative estimate of drug-likeness (QED) is 0.754. The van der Waals surface area contributed by atoms with E-state index in [0.29, 0.717) is 24.8 Å². The number of nitrogens with one attached hydrogen (secondary N) is 2. The van der Waals surface area contributed by atoms with Crippen LogP contribution in [0.25, 0.3) is 0 Å². The number of hydrogen-bond donors (Lipinski definition) is 2. The minimum absolute atomic E-state index is 0.0659. The third kappa shape index (κ3) is 5.53. The smallest absolute Gasteiger partial charge is 0.274 e. The number of hydrogen-bond acceptors (Lipinski definition) is 5. The Morgan fingerprint density at radius 2 is 1.96 bits per heavy atom. The molecule has 0 fully saturated rings. The molecule has 134 valence electrons. The Morgan fingerprint density at radius 3 is 2.68 bits per heavy atom. The molecule has 1 aromatic heterocycles. The van der Waals surface area contributed by atoms with Gasteiger partial charge in [0.1, 0.15) is 5.69 Å². The van der Waals surface area contributed by atoms with Gasteiger partial charge in [0.2, 0.25) is 5.95 Å². The Balaban J connectivity index is 2.09. The van der Waals surface area contributed by atoms with E-state index in [1.165, 1.54) is 0 Å². The lowest BCUT2D eigenvalue weighted by Gasteiger charge is -2.22. The number of nitrogens with zero attached hydrogens (tertiary/aromatic N) is 2. The van der Waals surface area contributed by atoms with E-state index in [-0.39, 0.29) is 11.3 Å². The number of para-hydroxylation sites is 1. The first-order valence-electron chi connectivity index (χ1n) is 8.38. The average Bonchev–Trinajstić information content (AvgIpc) is 2.58. The van der Waals surface area contributed by atoms with Crippen molar-refractivity contribution in [1.29, 1.82) is 0 Å². The second-order valence-corrected chi connectivity index (χ2v) is 6.79. The van der Waals surface area contributed by atoms with Gasteiger partial charge in [0.15, 0.2) is 0 Å². The Labute approximate surface area is 149 Å². The van der Waals surface area contributed by atoms with Gasteiger partial charge < -0.3 is 15.4 Å². The molecule has 0 atom stereocenters. The molecule has 0 saturated carbocycles. The predicted molar refractivity (Wildman–Crippen MR) is 100 cm³/mol. The summed E-state index contributed by atoms with van der Waals surface area (Å²) in [6.45, 7) is 7.70. The van der Waals surface area contributed by atoms with Gasteiger partial charge >= 0.3 is 0 Å². The Bertz CT molecular complexity index is 711. The van der Waals surface area contributed by atoms with Crippen molar-refractivity contribution in [3.8, 4) is 0 Å². The van der Waals surface area contributed by atoms with E-state index in [9.17, 15) is 4.79 Å². The number of ether oxygens (including phenoxy) is 1. The summed E-state index contributed by atoms with van der Waals surface area (Å²) < 4.78 is 5.00. The van der Waals surface area contributed by atoms with Crippen molar-refractivity contribution >= 4 is 17.5 Å². The standard InChI is InChI=1S/C19H26N4O2/c1-19(2,3)14-8-5-6-9-15(14)22-17(24)16-10-12-21-18(23-16)20-11-7-13-25-4/h5-6,8-10,12H,7,11,13H2,1-4H3,(H,22,24)(H,20,21,23). The van der Waals surface area contributed by atoms with Gasteiger partial charge in [-0.25, -0.2) is 9.97 Å². The molecule has 6 heteroatoms. The first-order valence-corrected chi connectivity index (χ1v) is 8.38. The minimum atomic E-state index is -0.251.